The second-order valence-corrected chi connectivity index (χ2v) is 5.12. The van der Waals surface area contributed by atoms with Gasteiger partial charge >= 0.3 is 0 Å². The van der Waals surface area contributed by atoms with Crippen LogP contribution in [-0.4, -0.2) is 39.8 Å². The Morgan fingerprint density at radius 2 is 2.12 bits per heavy atom. The van der Waals surface area contributed by atoms with Gasteiger partial charge in [-0.25, -0.2) is 0 Å². The van der Waals surface area contributed by atoms with Gasteiger partial charge in [-0.3, -0.25) is 5.32 Å². The molecule has 0 radical (unpaired) electrons. The molecule has 0 amide bonds. The number of benzene rings is 1. The molecule has 2 rings (SSSR count). The number of rotatable bonds is 3. The van der Waals surface area contributed by atoms with Crippen LogP contribution in [0.5, 0.6) is 5.75 Å². The van der Waals surface area contributed by atoms with Gasteiger partial charge in [-0.1, -0.05) is 12.1 Å². The van der Waals surface area contributed by atoms with E-state index < -0.39 is 5.54 Å². The predicted octanol–water partition coefficient (Wildman–Crippen LogP) is 0.451. The second-order valence-electron chi connectivity index (χ2n) is 4.03. The van der Waals surface area contributed by atoms with Crippen molar-refractivity contribution in [2.75, 3.05) is 19.0 Å². The summed E-state index contributed by atoms with van der Waals surface area (Å²) >= 11 is 1.62. The second kappa shape index (κ2) is 4.63. The Balaban J connectivity index is 2.14. The number of hydrogen-bond acceptors (Lipinski definition) is 5. The maximum atomic E-state index is 9.38. The molecule has 1 aliphatic heterocycles. The van der Waals surface area contributed by atoms with Crippen LogP contribution < -0.4 is 5.32 Å². The van der Waals surface area contributed by atoms with Crippen molar-refractivity contribution in [2.24, 2.45) is 0 Å². The minimum absolute atomic E-state index is 0.00593. The molecule has 0 spiro atoms. The first kappa shape index (κ1) is 11.7. The first-order valence-corrected chi connectivity index (χ1v) is 6.14. The highest BCUT2D eigenvalue weighted by atomic mass is 32.2. The zero-order valence-corrected chi connectivity index (χ0v) is 9.57. The number of phenolic OH excluding ortho intramolecular Hbond substituents is 1. The Morgan fingerprint density at radius 1 is 1.38 bits per heavy atom. The Labute approximate surface area is 98.3 Å². The lowest BCUT2D eigenvalue weighted by Crippen LogP contribution is -2.49. The summed E-state index contributed by atoms with van der Waals surface area (Å²) in [5.74, 6) is 0.880. The van der Waals surface area contributed by atoms with E-state index >= 15 is 0 Å². The molecule has 4 nitrogen and oxygen atoms in total. The number of thioether (sulfide) groups is 1. The summed E-state index contributed by atoms with van der Waals surface area (Å²) in [4.78, 5) is 0. The molecule has 1 aromatic carbocycles. The third-order valence-electron chi connectivity index (χ3n) is 2.74. The highest BCUT2D eigenvalue weighted by Gasteiger charge is 2.38. The van der Waals surface area contributed by atoms with Crippen LogP contribution in [0, 0.1) is 0 Å². The van der Waals surface area contributed by atoms with Gasteiger partial charge in [0, 0.05) is 5.75 Å². The van der Waals surface area contributed by atoms with Gasteiger partial charge in [-0.05, 0) is 17.7 Å². The summed E-state index contributed by atoms with van der Waals surface area (Å²) < 4.78 is 0. The van der Waals surface area contributed by atoms with E-state index in [0.717, 1.165) is 5.56 Å². The Kier molecular flexibility index (Phi) is 3.39. The lowest BCUT2D eigenvalue weighted by molar-refractivity contribution is 0.112. The van der Waals surface area contributed by atoms with Crippen LogP contribution >= 0.6 is 11.8 Å². The molecular weight excluding hydrogens is 226 g/mol. The van der Waals surface area contributed by atoms with Crippen LogP contribution in [0.2, 0.25) is 0 Å². The van der Waals surface area contributed by atoms with Gasteiger partial charge in [-0.2, -0.15) is 0 Å². The van der Waals surface area contributed by atoms with Crippen molar-refractivity contribution in [3.63, 3.8) is 0 Å². The topological polar surface area (TPSA) is 72.7 Å². The van der Waals surface area contributed by atoms with Crippen molar-refractivity contribution < 1.29 is 15.3 Å². The molecule has 4 N–H and O–H groups in total. The molecule has 0 aliphatic carbocycles. The van der Waals surface area contributed by atoms with E-state index in [1.54, 1.807) is 30.0 Å². The molecule has 88 valence electrons. The largest absolute Gasteiger partial charge is 0.508 e. The molecule has 16 heavy (non-hydrogen) atoms. The molecule has 1 atom stereocenters. The van der Waals surface area contributed by atoms with Gasteiger partial charge in [0.2, 0.25) is 0 Å². The molecule has 5 heteroatoms. The highest BCUT2D eigenvalue weighted by molar-refractivity contribution is 7.99. The SMILES string of the molecule is OCC1(CO)CS[C@@H](c2cccc(O)c2)N1. The quantitative estimate of drug-likeness (QED) is 0.618. The third-order valence-corrected chi connectivity index (χ3v) is 4.18. The molecule has 0 unspecified atom stereocenters. The van der Waals surface area contributed by atoms with Crippen molar-refractivity contribution in [2.45, 2.75) is 10.9 Å². The lowest BCUT2D eigenvalue weighted by Gasteiger charge is -2.24. The highest BCUT2D eigenvalue weighted by Crippen LogP contribution is 2.37. The van der Waals surface area contributed by atoms with Gasteiger partial charge in [-0.15, -0.1) is 11.8 Å². The molecular formula is C11H15NO3S. The van der Waals surface area contributed by atoms with E-state index in [1.165, 1.54) is 0 Å². The van der Waals surface area contributed by atoms with Gasteiger partial charge in [0.15, 0.2) is 0 Å². The Bertz CT molecular complexity index is 368. The molecule has 0 saturated carbocycles. The smallest absolute Gasteiger partial charge is 0.115 e. The van der Waals surface area contributed by atoms with E-state index in [2.05, 4.69) is 5.32 Å². The average molecular weight is 241 g/mol. The third kappa shape index (κ3) is 2.17. The van der Waals surface area contributed by atoms with Crippen molar-refractivity contribution in [1.29, 1.82) is 0 Å². The fraction of sp³-hybridized carbons (Fsp3) is 0.455. The van der Waals surface area contributed by atoms with Crippen molar-refractivity contribution in [3.8, 4) is 5.75 Å². The molecule has 1 aliphatic rings. The van der Waals surface area contributed by atoms with Crippen LogP contribution in [-0.2, 0) is 0 Å². The maximum absolute atomic E-state index is 9.38. The first-order chi connectivity index (χ1) is 7.69. The molecule has 1 heterocycles. The minimum atomic E-state index is -0.610. The van der Waals surface area contributed by atoms with Crippen LogP contribution in [0.25, 0.3) is 0 Å². The monoisotopic (exact) mass is 241 g/mol. The Hall–Kier alpha value is -0.750. The molecule has 0 aromatic heterocycles. The Morgan fingerprint density at radius 3 is 2.69 bits per heavy atom. The van der Waals surface area contributed by atoms with Crippen LogP contribution in [0.3, 0.4) is 0 Å². The lowest BCUT2D eigenvalue weighted by atomic mass is 10.0. The molecule has 1 aromatic rings. The number of hydrogen-bond donors (Lipinski definition) is 4. The summed E-state index contributed by atoms with van der Waals surface area (Å²) in [5.41, 5.74) is 0.342. The minimum Gasteiger partial charge on any atom is -0.508 e. The number of phenols is 1. The van der Waals surface area contributed by atoms with Crippen LogP contribution in [0.15, 0.2) is 24.3 Å². The zero-order valence-electron chi connectivity index (χ0n) is 8.76. The standard InChI is InChI=1S/C11H15NO3S/c13-5-11(6-14)7-16-10(12-11)8-2-1-3-9(15)4-8/h1-4,10,12-15H,5-7H2/t10-/m0/s1. The van der Waals surface area contributed by atoms with Gasteiger partial charge < -0.3 is 15.3 Å². The number of nitrogens with one attached hydrogen (secondary N) is 1. The zero-order chi connectivity index (χ0) is 11.6. The van der Waals surface area contributed by atoms with Crippen molar-refractivity contribution in [1.82, 2.24) is 5.32 Å². The fourth-order valence-electron chi connectivity index (χ4n) is 1.70. The molecule has 1 fully saturated rings. The van der Waals surface area contributed by atoms with Gasteiger partial charge in [0.25, 0.3) is 0 Å². The van der Waals surface area contributed by atoms with Crippen LogP contribution in [0.4, 0.5) is 0 Å². The average Bonchev–Trinajstić information content (AvgIpc) is 2.74. The summed E-state index contributed by atoms with van der Waals surface area (Å²) in [7, 11) is 0. The van der Waals surface area contributed by atoms with Gasteiger partial charge in [0.05, 0.1) is 24.1 Å². The fourth-order valence-corrected chi connectivity index (χ4v) is 3.13. The number of aromatic hydroxyl groups is 1. The summed E-state index contributed by atoms with van der Waals surface area (Å²) in [6.45, 7) is -0.183. The molecule has 0 bridgehead atoms. The first-order valence-electron chi connectivity index (χ1n) is 5.09. The summed E-state index contributed by atoms with van der Waals surface area (Å²) in [6, 6.07) is 7.00. The van der Waals surface area contributed by atoms with Crippen molar-refractivity contribution >= 4 is 11.8 Å². The summed E-state index contributed by atoms with van der Waals surface area (Å²) in [5, 5.41) is 31.1. The summed E-state index contributed by atoms with van der Waals surface area (Å²) in [6.07, 6.45) is 0. The normalized spacial score (nSPS) is 23.5. The van der Waals surface area contributed by atoms with E-state index in [1.807, 2.05) is 6.07 Å². The molecule has 1 saturated heterocycles. The maximum Gasteiger partial charge on any atom is 0.115 e. The van der Waals surface area contributed by atoms with Crippen LogP contribution in [0.1, 0.15) is 10.9 Å². The van der Waals surface area contributed by atoms with Crippen molar-refractivity contribution in [3.05, 3.63) is 29.8 Å². The predicted molar refractivity (Wildman–Crippen MR) is 63.3 cm³/mol. The number of aliphatic hydroxyl groups excluding tert-OH is 2. The van der Waals surface area contributed by atoms with E-state index in [-0.39, 0.29) is 24.3 Å². The van der Waals surface area contributed by atoms with E-state index in [9.17, 15) is 15.3 Å². The number of aliphatic hydroxyl groups is 2. The van der Waals surface area contributed by atoms with E-state index in [0.29, 0.717) is 5.75 Å². The van der Waals surface area contributed by atoms with Gasteiger partial charge in [0.1, 0.15) is 5.75 Å². The van der Waals surface area contributed by atoms with E-state index in [4.69, 9.17) is 0 Å².